The molecule has 0 radical (unpaired) electrons. The van der Waals surface area contributed by atoms with E-state index in [0.29, 0.717) is 0 Å². The zero-order valence-corrected chi connectivity index (χ0v) is 13.6. The van der Waals surface area contributed by atoms with Crippen LogP contribution in [0.4, 0.5) is 35.1 Å². The molecule has 0 saturated heterocycles. The van der Waals surface area contributed by atoms with Crippen molar-refractivity contribution in [1.29, 1.82) is 0 Å². The molecule has 1 heterocycles. The van der Waals surface area contributed by atoms with Crippen LogP contribution in [0.2, 0.25) is 0 Å². The van der Waals surface area contributed by atoms with E-state index in [0.717, 1.165) is 4.72 Å². The minimum atomic E-state index is -6.45. The Kier molecular flexibility index (Phi) is 5.48. The fourth-order valence-electron chi connectivity index (χ4n) is 1.28. The van der Waals surface area contributed by atoms with Crippen LogP contribution in [-0.4, -0.2) is 42.2 Å². The first-order valence-corrected chi connectivity index (χ1v) is 8.06. The molecule has 136 valence electrons. The van der Waals surface area contributed by atoms with Crippen molar-refractivity contribution in [1.82, 2.24) is 4.72 Å². The molecule has 1 aliphatic rings. The second-order valence-electron chi connectivity index (χ2n) is 4.19. The second kappa shape index (κ2) is 6.12. The summed E-state index contributed by atoms with van der Waals surface area (Å²) in [5.41, 5.74) is 0. The smallest absolute Gasteiger partial charge is 0.272 e. The number of rotatable bonds is 6. The van der Waals surface area contributed by atoms with Crippen molar-refractivity contribution in [3.63, 3.8) is 0 Å². The molecule has 0 aromatic heterocycles. The number of hydrogen-bond donors (Lipinski definition) is 1. The Labute approximate surface area is 137 Å². The lowest BCUT2D eigenvalue weighted by Crippen LogP contribution is -2.58. The highest BCUT2D eigenvalue weighted by atomic mass is 127. The maximum absolute atomic E-state index is 13.4. The molecule has 0 atom stereocenters. The Hall–Kier alpha value is -0.450. The Balaban J connectivity index is 3.08. The average Bonchev–Trinajstić information content (AvgIpc) is 2.77. The van der Waals surface area contributed by atoms with E-state index in [-0.39, 0.29) is 42.0 Å². The number of aliphatic imine (C=N–C) groups is 1. The second-order valence-corrected chi connectivity index (χ2v) is 7.27. The van der Waals surface area contributed by atoms with Crippen molar-refractivity contribution in [2.24, 2.45) is 4.99 Å². The third kappa shape index (κ3) is 4.15. The highest BCUT2D eigenvalue weighted by Crippen LogP contribution is 2.48. The fraction of sp³-hybridized carbons (Fsp3) is 0.875. The van der Waals surface area contributed by atoms with E-state index in [1.807, 2.05) is 0 Å². The zero-order chi connectivity index (χ0) is 18.3. The van der Waals surface area contributed by atoms with Crippen molar-refractivity contribution < 1.29 is 48.3 Å². The number of sulfonamides is 1. The highest BCUT2D eigenvalue weighted by Gasteiger charge is 2.73. The van der Waals surface area contributed by atoms with E-state index in [2.05, 4.69) is 9.73 Å². The van der Waals surface area contributed by atoms with Crippen LogP contribution in [-0.2, 0) is 14.8 Å². The molecule has 1 rings (SSSR count). The molecule has 0 bridgehead atoms. The van der Waals surface area contributed by atoms with Gasteiger partial charge >= 0.3 is 31.4 Å². The number of ether oxygens (including phenoxy) is 1. The van der Waals surface area contributed by atoms with Gasteiger partial charge in [-0.25, -0.2) is 4.74 Å². The lowest BCUT2D eigenvalue weighted by molar-refractivity contribution is -0.438. The number of alkyl halides is 9. The maximum Gasteiger partial charge on any atom is 0.453 e. The topological polar surface area (TPSA) is 67.8 Å². The van der Waals surface area contributed by atoms with Gasteiger partial charge in [-0.15, -0.1) is 0 Å². The molecule has 5 nitrogen and oxygen atoms in total. The van der Waals surface area contributed by atoms with Crippen molar-refractivity contribution in [3.05, 3.63) is 0 Å². The molecule has 0 spiro atoms. The van der Waals surface area contributed by atoms with Gasteiger partial charge in [0.05, 0.1) is 0 Å². The van der Waals surface area contributed by atoms with E-state index in [1.165, 1.54) is 0 Å². The summed E-state index contributed by atoms with van der Waals surface area (Å²) in [7, 11) is -6.29. The van der Waals surface area contributed by atoms with Crippen LogP contribution < -0.4 is 4.72 Å². The van der Waals surface area contributed by atoms with Crippen LogP contribution in [0.1, 0.15) is 12.8 Å². The third-order valence-electron chi connectivity index (χ3n) is 2.39. The molecule has 0 aromatic carbocycles. The van der Waals surface area contributed by atoms with Gasteiger partial charge in [-0.1, -0.05) is 0 Å². The minimum absolute atomic E-state index is 0.0371. The number of nitrogens with one attached hydrogen (secondary N) is 1. The van der Waals surface area contributed by atoms with Gasteiger partial charge < -0.3 is 0 Å². The van der Waals surface area contributed by atoms with Gasteiger partial charge in [0.15, 0.2) is 0 Å². The van der Waals surface area contributed by atoms with Gasteiger partial charge in [0.25, 0.3) is 0 Å². The maximum atomic E-state index is 13.4. The molecule has 0 fully saturated rings. The molecule has 1 N–H and O–H groups in total. The average molecular weight is 490 g/mol. The summed E-state index contributed by atoms with van der Waals surface area (Å²) in [6.45, 7) is 0.0371. The van der Waals surface area contributed by atoms with Crippen molar-refractivity contribution in [2.45, 2.75) is 34.2 Å². The van der Waals surface area contributed by atoms with Crippen LogP contribution in [0, 0.1) is 0 Å². The monoisotopic (exact) mass is 490 g/mol. The molecule has 23 heavy (non-hydrogen) atoms. The summed E-state index contributed by atoms with van der Waals surface area (Å²) in [6, 6.07) is 0. The summed E-state index contributed by atoms with van der Waals surface area (Å²) in [6.07, 6.45) is -12.4. The van der Waals surface area contributed by atoms with Crippen molar-refractivity contribution in [3.8, 4) is 0 Å². The number of nitrogens with zero attached hydrogens (tertiary/aromatic N) is 1. The summed E-state index contributed by atoms with van der Waals surface area (Å²) in [5.74, 6) is -0.591. The number of amidine groups is 1. The van der Waals surface area contributed by atoms with E-state index in [4.69, 9.17) is 0 Å². The van der Waals surface area contributed by atoms with E-state index < -0.39 is 37.3 Å². The van der Waals surface area contributed by atoms with Gasteiger partial charge in [-0.2, -0.15) is 43.5 Å². The van der Waals surface area contributed by atoms with Crippen LogP contribution in [0.15, 0.2) is 4.99 Å². The first kappa shape index (κ1) is 20.6. The van der Waals surface area contributed by atoms with Gasteiger partial charge in [0.2, 0.25) is 0 Å². The molecule has 1 aliphatic heterocycles. The summed E-state index contributed by atoms with van der Waals surface area (Å²) < 4.78 is 124. The first-order chi connectivity index (χ1) is 10.0. The quantitative estimate of drug-likeness (QED) is 0.354. The van der Waals surface area contributed by atoms with Gasteiger partial charge in [-0.05, 0) is 6.42 Å². The van der Waals surface area contributed by atoms with Gasteiger partial charge in [-0.3, -0.25) is 9.71 Å². The largest absolute Gasteiger partial charge is 0.453 e. The Morgan fingerprint density at radius 3 is 1.96 bits per heavy atom. The molecule has 0 unspecified atom stereocenters. The van der Waals surface area contributed by atoms with E-state index in [1.54, 1.807) is 0 Å². The molecule has 0 aliphatic carbocycles. The van der Waals surface area contributed by atoms with E-state index >= 15 is 0 Å². The predicted molar refractivity (Wildman–Crippen MR) is 68.5 cm³/mol. The normalized spacial score (nSPS) is 18.0. The Bertz CT molecular complexity index is 589. The molecular weight excluding hydrogens is 483 g/mol. The molecule has 15 heteroatoms. The summed E-state index contributed by atoms with van der Waals surface area (Å²) in [5, 5.41) is -6.27. The Morgan fingerprint density at radius 2 is 1.57 bits per heavy atom. The molecule has 0 amide bonds. The predicted octanol–water partition coefficient (Wildman–Crippen LogP) is 2.92. The Morgan fingerprint density at radius 1 is 1.04 bits per heavy atom. The first-order valence-electron chi connectivity index (χ1n) is 5.49. The van der Waals surface area contributed by atoms with Crippen molar-refractivity contribution >= 4 is 38.4 Å². The summed E-state index contributed by atoms with van der Waals surface area (Å²) >= 11 is -0.322. The van der Waals surface area contributed by atoms with Crippen LogP contribution >= 0.6 is 22.6 Å². The molecule has 0 saturated carbocycles. The minimum Gasteiger partial charge on any atom is -0.272 e. The summed E-state index contributed by atoms with van der Waals surface area (Å²) in [4.78, 5) is 3.37. The fourth-order valence-corrected chi connectivity index (χ4v) is 2.35. The van der Waals surface area contributed by atoms with Gasteiger partial charge in [0, 0.05) is 35.6 Å². The third-order valence-corrected chi connectivity index (χ3v) is 4.43. The van der Waals surface area contributed by atoms with Crippen LogP contribution in [0.25, 0.3) is 0 Å². The number of hydrogen-bond acceptors (Lipinski definition) is 4. The SMILES string of the molecule is O=S(=O)(NC1=NCCC1)C(F)(F)C(F)(F)OC(F)(F)C(F)(F)I. The van der Waals surface area contributed by atoms with E-state index in [9.17, 15) is 43.5 Å². The number of halogens is 9. The lowest BCUT2D eigenvalue weighted by atomic mass is 10.3. The standard InChI is InChI=1S/C8H7F8IN2O3S/c9-5(10,17)6(11,12)22-7(13,14)8(15,16)23(20,21)19-4-2-1-3-18-4/h1-3H2,(H,18,19). The zero-order valence-electron chi connectivity index (χ0n) is 10.6. The van der Waals surface area contributed by atoms with Crippen molar-refractivity contribution in [2.75, 3.05) is 6.54 Å². The van der Waals surface area contributed by atoms with Crippen LogP contribution in [0.3, 0.4) is 0 Å². The lowest BCUT2D eigenvalue weighted by Gasteiger charge is -2.30. The molecule has 0 aromatic rings. The highest BCUT2D eigenvalue weighted by molar-refractivity contribution is 14.1. The van der Waals surface area contributed by atoms with Gasteiger partial charge in [0.1, 0.15) is 5.84 Å². The van der Waals surface area contributed by atoms with Crippen LogP contribution in [0.5, 0.6) is 0 Å². The molecular formula is C8H7F8IN2O3S.